The molecule has 0 aliphatic carbocycles. The van der Waals surface area contributed by atoms with Crippen molar-refractivity contribution in [3.63, 3.8) is 0 Å². The summed E-state index contributed by atoms with van der Waals surface area (Å²) in [4.78, 5) is 11.0. The van der Waals surface area contributed by atoms with E-state index in [2.05, 4.69) is 17.9 Å². The molecule has 0 spiro atoms. The molecule has 0 atom stereocenters. The Morgan fingerprint density at radius 2 is 2.33 bits per heavy atom. The van der Waals surface area contributed by atoms with Crippen molar-refractivity contribution in [1.29, 1.82) is 0 Å². The van der Waals surface area contributed by atoms with Gasteiger partial charge in [-0.3, -0.25) is 4.79 Å². The highest BCUT2D eigenvalue weighted by Gasteiger charge is 2.08. The molecule has 1 rings (SSSR count). The summed E-state index contributed by atoms with van der Waals surface area (Å²) >= 11 is 9.84. The van der Waals surface area contributed by atoms with Gasteiger partial charge in [0.05, 0.1) is 12.9 Å². The smallest absolute Gasteiger partial charge is 0.229 e. The number of ether oxygens (including phenoxy) is 1. The number of halogens is 1. The fourth-order valence-electron chi connectivity index (χ4n) is 1.14. The third-order valence-corrected chi connectivity index (χ3v) is 2.54. The molecule has 1 aromatic rings. The van der Waals surface area contributed by atoms with Crippen LogP contribution in [0.15, 0.2) is 18.2 Å². The molecule has 0 unspecified atom stereocenters. The Labute approximate surface area is 99.2 Å². The molecule has 82 valence electrons. The summed E-state index contributed by atoms with van der Waals surface area (Å²) in [6, 6.07) is 5.35. The summed E-state index contributed by atoms with van der Waals surface area (Å²) in [5, 5.41) is 3.26. The Kier molecular flexibility index (Phi) is 4.78. The molecule has 3 nitrogen and oxygen atoms in total. The lowest BCUT2D eigenvalue weighted by Gasteiger charge is -2.10. The zero-order chi connectivity index (χ0) is 11.3. The Morgan fingerprint density at radius 1 is 1.60 bits per heavy atom. The fraction of sp³-hybridized carbons (Fsp3) is 0.300. The summed E-state index contributed by atoms with van der Waals surface area (Å²) in [5.74, 6) is 0.689. The second kappa shape index (κ2) is 5.88. The molecule has 0 heterocycles. The first kappa shape index (κ1) is 12.2. The Morgan fingerprint density at radius 3 is 2.93 bits per heavy atom. The molecule has 0 aliphatic heterocycles. The standard InChI is InChI=1S/C10H12ClNO2S/c1-14-9-4-2-3-8(11)7(9)5-12-10(13)6-15/h2-4,15H,5-6H2,1H3,(H,12,13). The third-order valence-electron chi connectivity index (χ3n) is 1.90. The van der Waals surface area contributed by atoms with Crippen molar-refractivity contribution in [3.8, 4) is 5.75 Å². The van der Waals surface area contributed by atoms with Gasteiger partial charge in [-0.05, 0) is 12.1 Å². The number of amides is 1. The number of carbonyl (C=O) groups is 1. The highest BCUT2D eigenvalue weighted by Crippen LogP contribution is 2.25. The van der Waals surface area contributed by atoms with E-state index in [0.717, 1.165) is 5.56 Å². The maximum Gasteiger partial charge on any atom is 0.229 e. The molecule has 0 aliphatic rings. The Balaban J connectivity index is 2.78. The lowest BCUT2D eigenvalue weighted by atomic mass is 10.2. The minimum absolute atomic E-state index is 0.139. The molecule has 1 amide bonds. The zero-order valence-corrected chi connectivity index (χ0v) is 9.94. The van der Waals surface area contributed by atoms with E-state index in [9.17, 15) is 4.79 Å². The van der Waals surface area contributed by atoms with Crippen molar-refractivity contribution >= 4 is 30.1 Å². The number of carbonyl (C=O) groups excluding carboxylic acids is 1. The monoisotopic (exact) mass is 245 g/mol. The van der Waals surface area contributed by atoms with Gasteiger partial charge in [-0.2, -0.15) is 12.6 Å². The van der Waals surface area contributed by atoms with Crippen LogP contribution in [0.1, 0.15) is 5.56 Å². The van der Waals surface area contributed by atoms with Crippen molar-refractivity contribution in [2.24, 2.45) is 0 Å². The second-order valence-corrected chi connectivity index (χ2v) is 3.58. The molecule has 15 heavy (non-hydrogen) atoms. The summed E-state index contributed by atoms with van der Waals surface area (Å²) < 4.78 is 5.14. The SMILES string of the molecule is COc1cccc(Cl)c1CNC(=O)CS. The van der Waals surface area contributed by atoms with Crippen LogP contribution in [0.5, 0.6) is 5.75 Å². The number of benzene rings is 1. The van der Waals surface area contributed by atoms with Gasteiger partial charge in [0.15, 0.2) is 0 Å². The molecule has 0 radical (unpaired) electrons. The summed E-state index contributed by atoms with van der Waals surface area (Å²) in [5.41, 5.74) is 0.775. The van der Waals surface area contributed by atoms with E-state index < -0.39 is 0 Å². The highest BCUT2D eigenvalue weighted by atomic mass is 35.5. The van der Waals surface area contributed by atoms with Gasteiger partial charge in [0, 0.05) is 17.1 Å². The predicted octanol–water partition coefficient (Wildman–Crippen LogP) is 1.89. The van der Waals surface area contributed by atoms with E-state index in [-0.39, 0.29) is 11.7 Å². The predicted molar refractivity (Wildman–Crippen MR) is 63.7 cm³/mol. The number of thiol groups is 1. The molecule has 0 saturated heterocycles. The Bertz CT molecular complexity index is 357. The summed E-state index contributed by atoms with van der Waals surface area (Å²) in [6.07, 6.45) is 0. The summed E-state index contributed by atoms with van der Waals surface area (Å²) in [7, 11) is 1.57. The van der Waals surface area contributed by atoms with E-state index >= 15 is 0 Å². The number of nitrogens with one attached hydrogen (secondary N) is 1. The average molecular weight is 246 g/mol. The van der Waals surface area contributed by atoms with E-state index in [4.69, 9.17) is 16.3 Å². The molecule has 5 heteroatoms. The molecule has 1 aromatic carbocycles. The van der Waals surface area contributed by atoms with Crippen molar-refractivity contribution < 1.29 is 9.53 Å². The van der Waals surface area contributed by atoms with Crippen molar-refractivity contribution in [2.75, 3.05) is 12.9 Å². The first-order valence-corrected chi connectivity index (χ1v) is 5.39. The van der Waals surface area contributed by atoms with E-state index in [1.54, 1.807) is 25.3 Å². The average Bonchev–Trinajstić information content (AvgIpc) is 2.26. The quantitative estimate of drug-likeness (QED) is 0.796. The maximum atomic E-state index is 11.0. The van der Waals surface area contributed by atoms with Gasteiger partial charge < -0.3 is 10.1 Å². The van der Waals surface area contributed by atoms with Crippen molar-refractivity contribution in [1.82, 2.24) is 5.32 Å². The number of hydrogen-bond donors (Lipinski definition) is 2. The molecule has 0 fully saturated rings. The molecule has 1 N–H and O–H groups in total. The van der Waals surface area contributed by atoms with Crippen LogP contribution in [0.25, 0.3) is 0 Å². The topological polar surface area (TPSA) is 38.3 Å². The van der Waals surface area contributed by atoms with E-state index in [0.29, 0.717) is 17.3 Å². The van der Waals surface area contributed by atoms with Gasteiger partial charge in [-0.15, -0.1) is 0 Å². The molecular weight excluding hydrogens is 234 g/mol. The van der Waals surface area contributed by atoms with Gasteiger partial charge >= 0.3 is 0 Å². The minimum Gasteiger partial charge on any atom is -0.496 e. The van der Waals surface area contributed by atoms with Crippen molar-refractivity contribution in [2.45, 2.75) is 6.54 Å². The van der Waals surface area contributed by atoms with Gasteiger partial charge in [-0.1, -0.05) is 17.7 Å². The second-order valence-electron chi connectivity index (χ2n) is 2.86. The van der Waals surface area contributed by atoms with Crippen LogP contribution in [0.2, 0.25) is 5.02 Å². The van der Waals surface area contributed by atoms with Crippen LogP contribution in [0.3, 0.4) is 0 Å². The van der Waals surface area contributed by atoms with Crippen LogP contribution in [-0.4, -0.2) is 18.8 Å². The van der Waals surface area contributed by atoms with Gasteiger partial charge in [-0.25, -0.2) is 0 Å². The first-order chi connectivity index (χ1) is 7.19. The molecule has 0 aromatic heterocycles. The maximum absolute atomic E-state index is 11.0. The van der Waals surface area contributed by atoms with Crippen LogP contribution in [-0.2, 0) is 11.3 Å². The number of rotatable bonds is 4. The number of hydrogen-bond acceptors (Lipinski definition) is 3. The largest absolute Gasteiger partial charge is 0.496 e. The van der Waals surface area contributed by atoms with E-state index in [1.807, 2.05) is 0 Å². The van der Waals surface area contributed by atoms with Crippen LogP contribution in [0.4, 0.5) is 0 Å². The van der Waals surface area contributed by atoms with Crippen LogP contribution < -0.4 is 10.1 Å². The summed E-state index contributed by atoms with van der Waals surface area (Å²) in [6.45, 7) is 0.349. The number of methoxy groups -OCH3 is 1. The lowest BCUT2D eigenvalue weighted by molar-refractivity contribution is -0.118. The molecular formula is C10H12ClNO2S. The first-order valence-electron chi connectivity index (χ1n) is 4.38. The van der Waals surface area contributed by atoms with Crippen LogP contribution >= 0.6 is 24.2 Å². The van der Waals surface area contributed by atoms with Crippen LogP contribution in [0, 0.1) is 0 Å². The Hall–Kier alpha value is -0.870. The van der Waals surface area contributed by atoms with Crippen molar-refractivity contribution in [3.05, 3.63) is 28.8 Å². The van der Waals surface area contributed by atoms with Gasteiger partial charge in [0.1, 0.15) is 5.75 Å². The van der Waals surface area contributed by atoms with E-state index in [1.165, 1.54) is 0 Å². The fourth-order valence-corrected chi connectivity index (χ4v) is 1.49. The zero-order valence-electron chi connectivity index (χ0n) is 8.29. The molecule has 0 saturated carbocycles. The third kappa shape index (κ3) is 3.32. The highest BCUT2D eigenvalue weighted by molar-refractivity contribution is 7.81. The van der Waals surface area contributed by atoms with Gasteiger partial charge in [0.25, 0.3) is 0 Å². The van der Waals surface area contributed by atoms with Gasteiger partial charge in [0.2, 0.25) is 5.91 Å². The lowest BCUT2D eigenvalue weighted by Crippen LogP contribution is -2.24. The minimum atomic E-state index is -0.139. The molecule has 0 bridgehead atoms. The normalized spacial score (nSPS) is 9.80.